The lowest BCUT2D eigenvalue weighted by Gasteiger charge is -2.07. The number of phenols is 1. The third-order valence-corrected chi connectivity index (χ3v) is 3.09. The van der Waals surface area contributed by atoms with E-state index in [4.69, 9.17) is 5.11 Å². The smallest absolute Gasteiger partial charge is 0.339 e. The molecule has 0 saturated carbocycles. The molecule has 22 heavy (non-hydrogen) atoms. The fourth-order valence-electron chi connectivity index (χ4n) is 1.91. The van der Waals surface area contributed by atoms with Crippen molar-refractivity contribution in [2.45, 2.75) is 19.8 Å². The van der Waals surface area contributed by atoms with Crippen LogP contribution in [0.4, 0.5) is 15.8 Å². The lowest BCUT2D eigenvalue weighted by molar-refractivity contribution is 0.0694. The Balaban J connectivity index is 2.31. The maximum atomic E-state index is 13.6. The van der Waals surface area contributed by atoms with Crippen molar-refractivity contribution in [2.75, 3.05) is 0 Å². The first-order valence-electron chi connectivity index (χ1n) is 6.66. The Bertz CT molecular complexity index is 742. The highest BCUT2D eigenvalue weighted by Gasteiger charge is 2.10. The van der Waals surface area contributed by atoms with Crippen LogP contribution in [0.15, 0.2) is 46.6 Å². The molecule has 0 fully saturated rings. The predicted molar refractivity (Wildman–Crippen MR) is 79.7 cm³/mol. The van der Waals surface area contributed by atoms with E-state index >= 15 is 0 Å². The predicted octanol–water partition coefficient (Wildman–Crippen LogP) is 4.77. The second-order valence-corrected chi connectivity index (χ2v) is 5.07. The summed E-state index contributed by atoms with van der Waals surface area (Å²) in [5, 5.41) is 26.2. The van der Waals surface area contributed by atoms with Gasteiger partial charge in [-0.3, -0.25) is 0 Å². The average molecular weight is 302 g/mol. The molecule has 0 bridgehead atoms. The van der Waals surface area contributed by atoms with Crippen LogP contribution in [-0.4, -0.2) is 16.2 Å². The molecule has 5 nitrogen and oxygen atoms in total. The molecule has 0 aliphatic carbocycles. The molecule has 0 atom stereocenters. The van der Waals surface area contributed by atoms with Crippen LogP contribution in [0.25, 0.3) is 0 Å². The zero-order chi connectivity index (χ0) is 16.3. The summed E-state index contributed by atoms with van der Waals surface area (Å²) in [6.45, 7) is 3.75. The quantitative estimate of drug-likeness (QED) is 0.798. The van der Waals surface area contributed by atoms with Gasteiger partial charge in [0.05, 0.1) is 11.4 Å². The summed E-state index contributed by atoms with van der Waals surface area (Å²) in [5.74, 6) is -1.87. The SMILES string of the molecule is CC(C)c1cc(N=Nc2ccc(O)c(C(=O)O)c2)ccc1F. The third kappa shape index (κ3) is 3.46. The number of carboxylic acids is 1. The van der Waals surface area contributed by atoms with E-state index in [-0.39, 0.29) is 28.7 Å². The van der Waals surface area contributed by atoms with E-state index < -0.39 is 5.97 Å². The monoisotopic (exact) mass is 302 g/mol. The molecule has 0 amide bonds. The zero-order valence-corrected chi connectivity index (χ0v) is 12.1. The number of aromatic carboxylic acids is 1. The lowest BCUT2D eigenvalue weighted by atomic mass is 10.0. The van der Waals surface area contributed by atoms with Crippen molar-refractivity contribution >= 4 is 17.3 Å². The van der Waals surface area contributed by atoms with Gasteiger partial charge in [0.2, 0.25) is 0 Å². The molecule has 2 aromatic carbocycles. The molecule has 2 rings (SSSR count). The molecule has 0 aliphatic rings. The van der Waals surface area contributed by atoms with Crippen LogP contribution >= 0.6 is 0 Å². The fraction of sp³-hybridized carbons (Fsp3) is 0.188. The number of hydrogen-bond acceptors (Lipinski definition) is 4. The molecule has 0 saturated heterocycles. The molecule has 0 spiro atoms. The Hall–Kier alpha value is -2.76. The van der Waals surface area contributed by atoms with Gasteiger partial charge in [0, 0.05) is 0 Å². The number of benzene rings is 2. The molecular formula is C16H15FN2O3. The van der Waals surface area contributed by atoms with E-state index in [1.54, 1.807) is 6.07 Å². The van der Waals surface area contributed by atoms with E-state index in [1.165, 1.54) is 30.3 Å². The highest BCUT2D eigenvalue weighted by Crippen LogP contribution is 2.27. The first-order chi connectivity index (χ1) is 10.4. The number of carboxylic acid groups (broad SMARTS) is 1. The molecule has 0 unspecified atom stereocenters. The van der Waals surface area contributed by atoms with Crippen LogP contribution in [0.5, 0.6) is 5.75 Å². The Morgan fingerprint density at radius 2 is 1.68 bits per heavy atom. The first kappa shape index (κ1) is 15.6. The minimum Gasteiger partial charge on any atom is -0.507 e. The van der Waals surface area contributed by atoms with E-state index in [1.807, 2.05) is 13.8 Å². The van der Waals surface area contributed by atoms with Crippen LogP contribution in [0.2, 0.25) is 0 Å². The van der Waals surface area contributed by atoms with Gasteiger partial charge >= 0.3 is 5.97 Å². The maximum absolute atomic E-state index is 13.6. The van der Waals surface area contributed by atoms with Gasteiger partial charge in [0.15, 0.2) is 0 Å². The van der Waals surface area contributed by atoms with Gasteiger partial charge in [-0.15, -0.1) is 0 Å². The Kier molecular flexibility index (Phi) is 4.50. The van der Waals surface area contributed by atoms with Crippen LogP contribution < -0.4 is 0 Å². The number of carbonyl (C=O) groups is 1. The van der Waals surface area contributed by atoms with Crippen LogP contribution in [-0.2, 0) is 0 Å². The van der Waals surface area contributed by atoms with E-state index in [0.29, 0.717) is 11.3 Å². The standard InChI is InChI=1S/C16H15FN2O3/c1-9(2)12-7-10(3-5-14(12)17)18-19-11-4-6-15(20)13(8-11)16(21)22/h3-9,20H,1-2H3,(H,21,22). The normalized spacial score (nSPS) is 11.3. The zero-order valence-electron chi connectivity index (χ0n) is 12.1. The molecule has 6 heteroatoms. The van der Waals surface area contributed by atoms with Crippen molar-refractivity contribution in [1.82, 2.24) is 0 Å². The summed E-state index contributed by atoms with van der Waals surface area (Å²) in [7, 11) is 0. The second kappa shape index (κ2) is 6.34. The Morgan fingerprint density at radius 1 is 1.09 bits per heavy atom. The molecule has 0 aromatic heterocycles. The van der Waals surface area contributed by atoms with Gasteiger partial charge in [0.25, 0.3) is 0 Å². The maximum Gasteiger partial charge on any atom is 0.339 e. The molecular weight excluding hydrogens is 287 g/mol. The fourth-order valence-corrected chi connectivity index (χ4v) is 1.91. The van der Waals surface area contributed by atoms with E-state index in [0.717, 1.165) is 0 Å². The number of azo groups is 1. The largest absolute Gasteiger partial charge is 0.507 e. The van der Waals surface area contributed by atoms with Crippen LogP contribution in [0.1, 0.15) is 35.7 Å². The van der Waals surface area contributed by atoms with Crippen molar-refractivity contribution in [3.8, 4) is 5.75 Å². The summed E-state index contributed by atoms with van der Waals surface area (Å²) in [4.78, 5) is 10.9. The average Bonchev–Trinajstić information content (AvgIpc) is 2.47. The van der Waals surface area contributed by atoms with Crippen molar-refractivity contribution < 1.29 is 19.4 Å². The van der Waals surface area contributed by atoms with Gasteiger partial charge in [-0.25, -0.2) is 9.18 Å². The van der Waals surface area contributed by atoms with Gasteiger partial charge in [-0.1, -0.05) is 13.8 Å². The molecule has 0 heterocycles. The topological polar surface area (TPSA) is 82.2 Å². The number of rotatable bonds is 4. The highest BCUT2D eigenvalue weighted by molar-refractivity contribution is 5.91. The van der Waals surface area contributed by atoms with Crippen molar-refractivity contribution in [3.63, 3.8) is 0 Å². The number of hydrogen-bond donors (Lipinski definition) is 2. The first-order valence-corrected chi connectivity index (χ1v) is 6.66. The lowest BCUT2D eigenvalue weighted by Crippen LogP contribution is -1.95. The molecule has 2 aromatic rings. The summed E-state index contributed by atoms with van der Waals surface area (Å²) >= 11 is 0. The third-order valence-electron chi connectivity index (χ3n) is 3.09. The minimum atomic E-state index is -1.25. The molecule has 0 radical (unpaired) electrons. The van der Waals surface area contributed by atoms with Crippen molar-refractivity contribution in [3.05, 3.63) is 53.3 Å². The Labute approximate surface area is 126 Å². The van der Waals surface area contributed by atoms with Crippen molar-refractivity contribution in [2.24, 2.45) is 10.2 Å². The molecule has 2 N–H and O–H groups in total. The molecule has 0 aliphatic heterocycles. The van der Waals surface area contributed by atoms with Gasteiger partial charge in [0.1, 0.15) is 17.1 Å². The number of halogens is 1. The number of nitrogens with zero attached hydrogens (tertiary/aromatic N) is 2. The molecule has 114 valence electrons. The number of aromatic hydroxyl groups is 1. The van der Waals surface area contributed by atoms with Crippen molar-refractivity contribution in [1.29, 1.82) is 0 Å². The van der Waals surface area contributed by atoms with Crippen LogP contribution in [0.3, 0.4) is 0 Å². The second-order valence-electron chi connectivity index (χ2n) is 5.07. The summed E-state index contributed by atoms with van der Waals surface area (Å²) in [5.41, 5.74) is 1.03. The summed E-state index contributed by atoms with van der Waals surface area (Å²) in [6.07, 6.45) is 0. The van der Waals surface area contributed by atoms with E-state index in [9.17, 15) is 14.3 Å². The minimum absolute atomic E-state index is 0.0161. The van der Waals surface area contributed by atoms with Gasteiger partial charge < -0.3 is 10.2 Å². The van der Waals surface area contributed by atoms with Crippen LogP contribution in [0, 0.1) is 5.82 Å². The van der Waals surface area contributed by atoms with E-state index in [2.05, 4.69) is 10.2 Å². The highest BCUT2D eigenvalue weighted by atomic mass is 19.1. The van der Waals surface area contributed by atoms with Gasteiger partial charge in [-0.05, 0) is 47.9 Å². The summed E-state index contributed by atoms with van der Waals surface area (Å²) < 4.78 is 13.6. The Morgan fingerprint density at radius 3 is 2.27 bits per heavy atom. The van der Waals surface area contributed by atoms with Gasteiger partial charge in [-0.2, -0.15) is 10.2 Å². The summed E-state index contributed by atoms with van der Waals surface area (Å²) in [6, 6.07) is 8.31.